The summed E-state index contributed by atoms with van der Waals surface area (Å²) < 4.78 is 3.94. The summed E-state index contributed by atoms with van der Waals surface area (Å²) in [5.74, 6) is 1.11. The van der Waals surface area contributed by atoms with Crippen molar-refractivity contribution in [1.82, 2.24) is 35.1 Å². The van der Waals surface area contributed by atoms with Crippen molar-refractivity contribution in [3.63, 3.8) is 0 Å². The van der Waals surface area contributed by atoms with Crippen LogP contribution in [0.2, 0.25) is 0 Å². The maximum absolute atomic E-state index is 12.2. The van der Waals surface area contributed by atoms with Crippen molar-refractivity contribution in [3.05, 3.63) is 30.1 Å². The van der Waals surface area contributed by atoms with Gasteiger partial charge in [-0.05, 0) is 42.3 Å². The van der Waals surface area contributed by atoms with Gasteiger partial charge >= 0.3 is 0 Å². The normalized spacial score (nSPS) is 14.1. The zero-order valence-corrected chi connectivity index (χ0v) is 14.7. The Labute approximate surface area is 149 Å². The van der Waals surface area contributed by atoms with E-state index in [1.165, 1.54) is 11.8 Å². The van der Waals surface area contributed by atoms with Crippen LogP contribution in [0.4, 0.5) is 0 Å². The van der Waals surface area contributed by atoms with E-state index in [1.54, 1.807) is 0 Å². The average molecular weight is 357 g/mol. The molecule has 4 rings (SSSR count). The van der Waals surface area contributed by atoms with Crippen molar-refractivity contribution < 1.29 is 4.79 Å². The first-order valence-corrected chi connectivity index (χ1v) is 9.36. The lowest BCUT2D eigenvalue weighted by molar-refractivity contribution is -0.118. The van der Waals surface area contributed by atoms with Crippen LogP contribution in [0.3, 0.4) is 0 Å². The van der Waals surface area contributed by atoms with E-state index in [4.69, 9.17) is 0 Å². The second-order valence-corrected chi connectivity index (χ2v) is 6.91. The lowest BCUT2D eigenvalue weighted by atomic mass is 10.3. The Balaban J connectivity index is 1.36. The molecule has 9 heteroatoms. The minimum Gasteiger partial charge on any atom is -0.348 e. The van der Waals surface area contributed by atoms with Crippen LogP contribution >= 0.6 is 11.8 Å². The molecule has 1 aliphatic rings. The number of nitrogens with one attached hydrogen (secondary N) is 1. The topological polar surface area (TPSA) is 90.5 Å². The number of carbonyl (C=O) groups is 1. The van der Waals surface area contributed by atoms with E-state index in [0.717, 1.165) is 36.2 Å². The molecule has 0 saturated heterocycles. The lowest BCUT2D eigenvalue weighted by Crippen LogP contribution is -2.26. The summed E-state index contributed by atoms with van der Waals surface area (Å²) in [6.07, 6.45) is 2.22. The van der Waals surface area contributed by atoms with E-state index >= 15 is 0 Å². The van der Waals surface area contributed by atoms with Crippen molar-refractivity contribution in [2.24, 2.45) is 0 Å². The number of imidazole rings is 1. The molecule has 8 nitrogen and oxygen atoms in total. The van der Waals surface area contributed by atoms with E-state index in [0.29, 0.717) is 23.5 Å². The molecule has 1 amide bonds. The quantitative estimate of drug-likeness (QED) is 0.648. The Kier molecular flexibility index (Phi) is 4.39. The van der Waals surface area contributed by atoms with E-state index in [2.05, 4.69) is 37.3 Å². The van der Waals surface area contributed by atoms with E-state index < -0.39 is 0 Å². The number of nitrogens with zero attached hydrogens (tertiary/aromatic N) is 6. The number of hydrogen-bond donors (Lipinski definition) is 1. The van der Waals surface area contributed by atoms with E-state index in [-0.39, 0.29) is 5.91 Å². The molecule has 25 heavy (non-hydrogen) atoms. The summed E-state index contributed by atoms with van der Waals surface area (Å²) >= 11 is 1.37. The monoisotopic (exact) mass is 357 g/mol. The largest absolute Gasteiger partial charge is 0.348 e. The number of aryl methyl sites for hydroxylation is 1. The Bertz CT molecular complexity index is 899. The molecule has 2 heterocycles. The van der Waals surface area contributed by atoms with Crippen LogP contribution in [0, 0.1) is 0 Å². The molecule has 0 unspecified atom stereocenters. The number of rotatable bonds is 7. The highest BCUT2D eigenvalue weighted by Crippen LogP contribution is 2.36. The molecule has 1 aliphatic carbocycles. The summed E-state index contributed by atoms with van der Waals surface area (Å²) in [4.78, 5) is 16.8. The highest BCUT2D eigenvalue weighted by Gasteiger charge is 2.28. The fourth-order valence-corrected chi connectivity index (χ4v) is 3.58. The first-order valence-electron chi connectivity index (χ1n) is 8.37. The summed E-state index contributed by atoms with van der Waals surface area (Å²) in [5, 5.41) is 15.3. The van der Waals surface area contributed by atoms with Gasteiger partial charge in [0.25, 0.3) is 0 Å². The van der Waals surface area contributed by atoms with E-state index in [1.807, 2.05) is 28.9 Å². The van der Waals surface area contributed by atoms with Crippen LogP contribution in [0.25, 0.3) is 11.0 Å². The van der Waals surface area contributed by atoms with Gasteiger partial charge in [-0.15, -0.1) is 5.10 Å². The molecule has 0 aliphatic heterocycles. The smallest absolute Gasteiger partial charge is 0.230 e. The predicted molar refractivity (Wildman–Crippen MR) is 94.1 cm³/mol. The number of carbonyl (C=O) groups excluding carboxylic acids is 1. The first-order chi connectivity index (χ1) is 12.3. The van der Waals surface area contributed by atoms with Crippen molar-refractivity contribution in [1.29, 1.82) is 0 Å². The fourth-order valence-electron chi connectivity index (χ4n) is 2.80. The lowest BCUT2D eigenvalue weighted by Gasteiger charge is -2.07. The molecule has 1 aromatic carbocycles. The highest BCUT2D eigenvalue weighted by molar-refractivity contribution is 7.99. The molecular weight excluding hydrogens is 338 g/mol. The third-order valence-corrected chi connectivity index (χ3v) is 5.11. The third-order valence-electron chi connectivity index (χ3n) is 4.18. The van der Waals surface area contributed by atoms with Crippen LogP contribution in [0.5, 0.6) is 0 Å². The van der Waals surface area contributed by atoms with Gasteiger partial charge in [-0.2, -0.15) is 0 Å². The Hall–Kier alpha value is -2.42. The third kappa shape index (κ3) is 3.37. The van der Waals surface area contributed by atoms with Gasteiger partial charge in [0.1, 0.15) is 5.82 Å². The second kappa shape index (κ2) is 6.83. The Morgan fingerprint density at radius 3 is 3.00 bits per heavy atom. The molecule has 1 N–H and O–H groups in total. The average Bonchev–Trinajstić information content (AvgIpc) is 3.25. The predicted octanol–water partition coefficient (Wildman–Crippen LogP) is 1.79. The Morgan fingerprint density at radius 1 is 1.36 bits per heavy atom. The molecule has 0 bridgehead atoms. The van der Waals surface area contributed by atoms with Gasteiger partial charge < -0.3 is 9.88 Å². The van der Waals surface area contributed by atoms with Crippen LogP contribution < -0.4 is 5.32 Å². The Morgan fingerprint density at radius 2 is 2.20 bits per heavy atom. The van der Waals surface area contributed by atoms with Gasteiger partial charge in [-0.1, -0.05) is 23.9 Å². The van der Waals surface area contributed by atoms with Crippen LogP contribution in [-0.4, -0.2) is 41.4 Å². The van der Waals surface area contributed by atoms with Crippen molar-refractivity contribution in [2.45, 2.75) is 44.1 Å². The maximum Gasteiger partial charge on any atom is 0.230 e. The van der Waals surface area contributed by atoms with Gasteiger partial charge in [0.05, 0.1) is 29.4 Å². The highest BCUT2D eigenvalue weighted by atomic mass is 32.2. The van der Waals surface area contributed by atoms with Crippen molar-refractivity contribution in [2.75, 3.05) is 5.75 Å². The number of tetrazole rings is 1. The van der Waals surface area contributed by atoms with Crippen LogP contribution in [0.1, 0.15) is 31.6 Å². The maximum atomic E-state index is 12.2. The molecular formula is C16H19N7OS. The standard InChI is InChI=1S/C16H19N7OS/c1-2-22-13-6-4-3-5-12(13)18-14(22)9-17-15(24)10-25-16-19-20-21-23(16)11-7-8-11/h3-6,11H,2,7-10H2,1H3,(H,17,24). The number of thioether (sulfide) groups is 1. The molecule has 0 radical (unpaired) electrons. The molecule has 1 fully saturated rings. The molecule has 130 valence electrons. The van der Waals surface area contributed by atoms with Crippen LogP contribution in [-0.2, 0) is 17.9 Å². The number of hydrogen-bond acceptors (Lipinski definition) is 6. The number of aromatic nitrogens is 6. The second-order valence-electron chi connectivity index (χ2n) is 5.96. The summed E-state index contributed by atoms with van der Waals surface area (Å²) in [6.45, 7) is 3.30. The fraction of sp³-hybridized carbons (Fsp3) is 0.438. The summed E-state index contributed by atoms with van der Waals surface area (Å²) in [7, 11) is 0. The minimum atomic E-state index is -0.0509. The molecule has 1 saturated carbocycles. The SMILES string of the molecule is CCn1c(CNC(=O)CSc2nnnn2C2CC2)nc2ccccc21. The molecule has 0 spiro atoms. The zero-order valence-electron chi connectivity index (χ0n) is 13.9. The number of benzene rings is 1. The number of para-hydroxylation sites is 2. The van der Waals surface area contributed by atoms with Gasteiger partial charge in [-0.3, -0.25) is 4.79 Å². The minimum absolute atomic E-state index is 0.0509. The number of fused-ring (bicyclic) bond motifs is 1. The summed E-state index contributed by atoms with van der Waals surface area (Å²) in [6, 6.07) is 8.41. The number of amides is 1. The molecule has 0 atom stereocenters. The van der Waals surface area contributed by atoms with Gasteiger partial charge in [-0.25, -0.2) is 9.67 Å². The van der Waals surface area contributed by atoms with Crippen molar-refractivity contribution in [3.8, 4) is 0 Å². The first kappa shape index (κ1) is 16.1. The summed E-state index contributed by atoms with van der Waals surface area (Å²) in [5.41, 5.74) is 2.04. The van der Waals surface area contributed by atoms with Gasteiger partial charge in [0.15, 0.2) is 0 Å². The zero-order chi connectivity index (χ0) is 17.2. The van der Waals surface area contributed by atoms with Crippen LogP contribution in [0.15, 0.2) is 29.4 Å². The molecule has 2 aromatic heterocycles. The van der Waals surface area contributed by atoms with E-state index in [9.17, 15) is 4.79 Å². The molecule has 3 aromatic rings. The van der Waals surface area contributed by atoms with Gasteiger partial charge in [0, 0.05) is 6.54 Å². The van der Waals surface area contributed by atoms with Crippen molar-refractivity contribution >= 4 is 28.7 Å². The van der Waals surface area contributed by atoms with Gasteiger partial charge in [0.2, 0.25) is 11.1 Å².